The molecule has 3 aromatic carbocycles. The average Bonchev–Trinajstić information content (AvgIpc) is 3.43. The summed E-state index contributed by atoms with van der Waals surface area (Å²) in [6, 6.07) is 28.2. The summed E-state index contributed by atoms with van der Waals surface area (Å²) in [5.41, 5.74) is 7.90. The van der Waals surface area contributed by atoms with E-state index in [0.29, 0.717) is 0 Å². The highest BCUT2D eigenvalue weighted by Crippen LogP contribution is 2.43. The molecule has 0 N–H and O–H groups in total. The van der Waals surface area contributed by atoms with Crippen molar-refractivity contribution in [3.63, 3.8) is 0 Å². The fourth-order valence-corrected chi connectivity index (χ4v) is 12.2. The normalized spacial score (nSPS) is 11.8. The minimum absolute atomic E-state index is 0.716. The third kappa shape index (κ3) is 33.3. The van der Waals surface area contributed by atoms with Crippen molar-refractivity contribution in [1.29, 1.82) is 0 Å². The van der Waals surface area contributed by atoms with Crippen LogP contribution in [0, 0.1) is 0 Å². The maximum absolute atomic E-state index is 8.02. The highest BCUT2D eigenvalue weighted by molar-refractivity contribution is 6.28. The average molecular weight is 1040 g/mol. The molecule has 1 heteroatoms. The summed E-state index contributed by atoms with van der Waals surface area (Å²) in [7, 11) is 0. The van der Waals surface area contributed by atoms with E-state index in [9.17, 15) is 0 Å². The Balaban J connectivity index is 1.42. The van der Waals surface area contributed by atoms with Crippen molar-refractivity contribution in [2.24, 2.45) is 0 Å². The van der Waals surface area contributed by atoms with Gasteiger partial charge in [0.2, 0.25) is 0 Å². The first-order chi connectivity index (χ1) is 36.6. The van der Waals surface area contributed by atoms with E-state index in [-0.39, 0.29) is 0 Å². The number of alkyl halides is 1. The molecular weight excluding hydrogens is 912 g/mol. The first-order valence-corrected chi connectivity index (χ1v) is 34.0. The van der Waals surface area contributed by atoms with Crippen LogP contribution in [-0.4, -0.2) is 0 Å². The summed E-state index contributed by atoms with van der Waals surface area (Å²) in [5.74, 6) is 0. The van der Waals surface area contributed by atoms with Gasteiger partial charge in [-0.2, -0.15) is 0 Å². The molecule has 0 aliphatic rings. The summed E-state index contributed by atoms with van der Waals surface area (Å²) < 4.78 is 0. The molecule has 0 amide bonds. The summed E-state index contributed by atoms with van der Waals surface area (Å²) in [5, 5.41) is 0. The molecule has 0 nitrogen and oxygen atoms in total. The molecule has 74 heavy (non-hydrogen) atoms. The Labute approximate surface area is 468 Å². The van der Waals surface area contributed by atoms with E-state index in [0.717, 1.165) is 19.3 Å². The Morgan fingerprint density at radius 3 is 0.486 bits per heavy atom. The first-order valence-electron chi connectivity index (χ1n) is 33.6. The number of aryl methyl sites for hydroxylation is 3. The molecule has 0 atom stereocenters. The highest BCUT2D eigenvalue weighted by atomic mass is 35.5. The van der Waals surface area contributed by atoms with Gasteiger partial charge < -0.3 is 0 Å². The molecular formula is C73H123Cl. The number of rotatable bonds is 54. The van der Waals surface area contributed by atoms with Crippen molar-refractivity contribution in [3.8, 4) is 0 Å². The molecule has 0 saturated carbocycles. The van der Waals surface area contributed by atoms with Crippen molar-refractivity contribution in [2.75, 3.05) is 0 Å². The van der Waals surface area contributed by atoms with Crippen molar-refractivity contribution in [1.82, 2.24) is 0 Å². The van der Waals surface area contributed by atoms with Gasteiger partial charge in [0.05, 0.1) is 0 Å². The zero-order valence-electron chi connectivity index (χ0n) is 49.9. The van der Waals surface area contributed by atoms with Gasteiger partial charge in [-0.1, -0.05) is 383 Å². The Morgan fingerprint density at radius 1 is 0.203 bits per heavy atom. The minimum atomic E-state index is -0.716. The smallest absolute Gasteiger partial charge is 0.104 e. The lowest BCUT2D eigenvalue weighted by Crippen LogP contribution is -2.22. The van der Waals surface area contributed by atoms with Gasteiger partial charge in [0.25, 0.3) is 0 Å². The molecule has 0 unspecified atom stereocenters. The van der Waals surface area contributed by atoms with Crippen molar-refractivity contribution >= 4 is 11.6 Å². The van der Waals surface area contributed by atoms with E-state index < -0.39 is 4.87 Å². The molecule has 0 radical (unpaired) electrons. The molecule has 0 aromatic heterocycles. The van der Waals surface area contributed by atoms with E-state index >= 15 is 0 Å². The number of hydrogen-bond acceptors (Lipinski definition) is 0. The molecule has 0 heterocycles. The lowest BCUT2D eigenvalue weighted by Gasteiger charge is -2.30. The van der Waals surface area contributed by atoms with Gasteiger partial charge in [0.1, 0.15) is 4.87 Å². The van der Waals surface area contributed by atoms with Crippen LogP contribution in [0.2, 0.25) is 0 Å². The number of benzene rings is 3. The number of unbranched alkanes of at least 4 members (excludes halogenated alkanes) is 45. The van der Waals surface area contributed by atoms with Crippen LogP contribution in [0.3, 0.4) is 0 Å². The van der Waals surface area contributed by atoms with Crippen LogP contribution in [0.15, 0.2) is 72.8 Å². The van der Waals surface area contributed by atoms with Crippen LogP contribution < -0.4 is 0 Å². The molecule has 0 spiro atoms. The molecule has 3 aromatic rings. The predicted octanol–water partition coefficient (Wildman–Crippen LogP) is 25.6. The van der Waals surface area contributed by atoms with Crippen LogP contribution >= 0.6 is 11.6 Å². The molecule has 422 valence electrons. The first kappa shape index (κ1) is 66.2. The van der Waals surface area contributed by atoms with Crippen LogP contribution in [0.25, 0.3) is 0 Å². The maximum atomic E-state index is 8.02. The SMILES string of the molecule is CCCCCCCCCCCCCCCCCCc1ccc(C(Cl)(c2ccc(CCCCCCCCCCCCCCCCCC)cc2)c2ccc(CCCCCCCCCCCCCCCCCC)cc2)cc1. The standard InChI is InChI=1S/C73H123Cl/c1-4-7-10-13-16-19-22-25-28-31-34-37-40-43-46-49-52-67-55-61-70(62-56-67)73(74,71-63-57-68(58-64-71)53-50-47-44-41-38-35-32-29-26-23-20-17-14-11-8-5-2)72-65-59-69(60-66-72)54-51-48-45-42-39-36-33-30-27-24-21-18-15-12-9-6-3/h55-66H,4-54H2,1-3H3. The Bertz CT molecular complexity index is 1410. The van der Waals surface area contributed by atoms with Crippen LogP contribution in [-0.2, 0) is 24.1 Å². The van der Waals surface area contributed by atoms with Gasteiger partial charge >= 0.3 is 0 Å². The third-order valence-corrected chi connectivity index (χ3v) is 17.7. The molecule has 3 rings (SSSR count). The Kier molecular flexibility index (Phi) is 43.1. The zero-order valence-corrected chi connectivity index (χ0v) is 50.6. The fourth-order valence-electron chi connectivity index (χ4n) is 11.8. The topological polar surface area (TPSA) is 0 Å². The maximum Gasteiger partial charge on any atom is 0.119 e. The molecule has 0 aliphatic carbocycles. The number of halogens is 1. The predicted molar refractivity (Wildman–Crippen MR) is 335 cm³/mol. The van der Waals surface area contributed by atoms with Gasteiger partial charge in [-0.25, -0.2) is 0 Å². The van der Waals surface area contributed by atoms with Crippen LogP contribution in [0.5, 0.6) is 0 Å². The Hall–Kier alpha value is -2.05. The Morgan fingerprint density at radius 2 is 0.338 bits per heavy atom. The van der Waals surface area contributed by atoms with Crippen molar-refractivity contribution < 1.29 is 0 Å². The summed E-state index contributed by atoms with van der Waals surface area (Å²) in [4.78, 5) is -0.716. The van der Waals surface area contributed by atoms with Gasteiger partial charge in [-0.3, -0.25) is 0 Å². The zero-order chi connectivity index (χ0) is 52.5. The quantitative estimate of drug-likeness (QED) is 0.0300. The molecule has 0 bridgehead atoms. The van der Waals surface area contributed by atoms with Crippen LogP contribution in [0.4, 0.5) is 0 Å². The largest absolute Gasteiger partial charge is 0.119 e. The van der Waals surface area contributed by atoms with Crippen LogP contribution in [0.1, 0.15) is 362 Å². The number of hydrogen-bond donors (Lipinski definition) is 0. The molecule has 0 aliphatic heterocycles. The molecule has 0 fully saturated rings. The van der Waals surface area contributed by atoms with Gasteiger partial charge in [-0.15, -0.1) is 11.6 Å². The van der Waals surface area contributed by atoms with E-state index in [1.54, 1.807) is 0 Å². The fraction of sp³-hybridized carbons (Fsp3) is 0.753. The van der Waals surface area contributed by atoms with E-state index in [2.05, 4.69) is 93.6 Å². The van der Waals surface area contributed by atoms with Crippen molar-refractivity contribution in [3.05, 3.63) is 106 Å². The van der Waals surface area contributed by atoms with E-state index in [1.807, 2.05) is 0 Å². The second-order valence-electron chi connectivity index (χ2n) is 23.9. The monoisotopic (exact) mass is 1030 g/mol. The summed E-state index contributed by atoms with van der Waals surface area (Å²) >= 11 is 8.02. The molecule has 0 saturated heterocycles. The summed E-state index contributed by atoms with van der Waals surface area (Å²) in [6.45, 7) is 6.93. The van der Waals surface area contributed by atoms with E-state index in [4.69, 9.17) is 11.6 Å². The summed E-state index contributed by atoms with van der Waals surface area (Å²) in [6.07, 6.45) is 71.5. The van der Waals surface area contributed by atoms with Crippen molar-refractivity contribution in [2.45, 2.75) is 353 Å². The second kappa shape index (κ2) is 48.1. The third-order valence-electron chi connectivity index (χ3n) is 17.0. The van der Waals surface area contributed by atoms with Gasteiger partial charge in [0.15, 0.2) is 0 Å². The minimum Gasteiger partial charge on any atom is -0.104 e. The lowest BCUT2D eigenvalue weighted by atomic mass is 9.82. The second-order valence-corrected chi connectivity index (χ2v) is 24.5. The van der Waals surface area contributed by atoms with Gasteiger partial charge in [-0.05, 0) is 71.9 Å². The van der Waals surface area contributed by atoms with E-state index in [1.165, 1.54) is 342 Å². The highest BCUT2D eigenvalue weighted by Gasteiger charge is 2.34. The van der Waals surface area contributed by atoms with Gasteiger partial charge in [0, 0.05) is 0 Å². The lowest BCUT2D eigenvalue weighted by molar-refractivity contribution is 0.529.